The second-order valence-corrected chi connectivity index (χ2v) is 5.02. The van der Waals surface area contributed by atoms with E-state index < -0.39 is 0 Å². The van der Waals surface area contributed by atoms with Crippen LogP contribution in [0.1, 0.15) is 26.2 Å². The van der Waals surface area contributed by atoms with Crippen LogP contribution >= 0.6 is 0 Å². The summed E-state index contributed by atoms with van der Waals surface area (Å²) in [4.78, 5) is 4.82. The van der Waals surface area contributed by atoms with Gasteiger partial charge in [0.25, 0.3) is 0 Å². The van der Waals surface area contributed by atoms with Crippen LogP contribution in [0.5, 0.6) is 0 Å². The average Bonchev–Trinajstić information content (AvgIpc) is 2.18. The normalized spacial score (nSPS) is 20.8. The number of likely N-dealkylation sites (tertiary alicyclic amines) is 1. The standard InChI is InChI=1S/C12H27N3/c1-12(13-7-10-14(2)3)11-15-8-5-4-6-9-15/h12-13H,4-11H2,1-3H3. The minimum absolute atomic E-state index is 0.628. The molecule has 1 rings (SSSR count). The van der Waals surface area contributed by atoms with E-state index in [4.69, 9.17) is 0 Å². The SMILES string of the molecule is CC(CN1CCCCC1)NCCN(C)C. The molecule has 3 nitrogen and oxygen atoms in total. The largest absolute Gasteiger partial charge is 0.312 e. The van der Waals surface area contributed by atoms with Gasteiger partial charge in [0.15, 0.2) is 0 Å². The Bertz CT molecular complexity index is 153. The molecule has 1 aliphatic rings. The Hall–Kier alpha value is -0.120. The molecule has 0 aliphatic carbocycles. The van der Waals surface area contributed by atoms with Gasteiger partial charge in [0, 0.05) is 25.7 Å². The van der Waals surface area contributed by atoms with Crippen molar-refractivity contribution < 1.29 is 0 Å². The monoisotopic (exact) mass is 213 g/mol. The summed E-state index contributed by atoms with van der Waals surface area (Å²) < 4.78 is 0. The van der Waals surface area contributed by atoms with Gasteiger partial charge < -0.3 is 15.1 Å². The van der Waals surface area contributed by atoms with Crippen LogP contribution in [-0.4, -0.2) is 62.7 Å². The van der Waals surface area contributed by atoms with Crippen molar-refractivity contribution in [3.05, 3.63) is 0 Å². The number of piperidine rings is 1. The van der Waals surface area contributed by atoms with E-state index in [2.05, 4.69) is 36.1 Å². The topological polar surface area (TPSA) is 18.5 Å². The van der Waals surface area contributed by atoms with Gasteiger partial charge in [-0.1, -0.05) is 6.42 Å². The Labute approximate surface area is 94.8 Å². The van der Waals surface area contributed by atoms with E-state index in [1.807, 2.05) is 0 Å². The summed E-state index contributed by atoms with van der Waals surface area (Å²) in [7, 11) is 4.24. The van der Waals surface area contributed by atoms with Crippen molar-refractivity contribution in [2.45, 2.75) is 32.2 Å². The fourth-order valence-corrected chi connectivity index (χ4v) is 2.13. The van der Waals surface area contributed by atoms with E-state index in [0.717, 1.165) is 13.1 Å². The van der Waals surface area contributed by atoms with Gasteiger partial charge in [0.2, 0.25) is 0 Å². The number of hydrogen-bond acceptors (Lipinski definition) is 3. The molecule has 1 N–H and O–H groups in total. The minimum atomic E-state index is 0.628. The third kappa shape index (κ3) is 6.13. The van der Waals surface area contributed by atoms with Crippen LogP contribution < -0.4 is 5.32 Å². The van der Waals surface area contributed by atoms with Crippen molar-refractivity contribution in [3.63, 3.8) is 0 Å². The molecule has 0 aromatic rings. The Balaban J connectivity index is 2.03. The summed E-state index contributed by atoms with van der Waals surface area (Å²) in [5.41, 5.74) is 0. The van der Waals surface area contributed by atoms with Gasteiger partial charge in [0.05, 0.1) is 0 Å². The fourth-order valence-electron chi connectivity index (χ4n) is 2.13. The lowest BCUT2D eigenvalue weighted by Gasteiger charge is -2.29. The van der Waals surface area contributed by atoms with Crippen molar-refractivity contribution in [2.24, 2.45) is 0 Å². The van der Waals surface area contributed by atoms with Gasteiger partial charge in [-0.05, 0) is 47.0 Å². The first-order valence-corrected chi connectivity index (χ1v) is 6.29. The molecule has 1 fully saturated rings. The zero-order valence-corrected chi connectivity index (χ0v) is 10.6. The quantitative estimate of drug-likeness (QED) is 0.710. The first kappa shape index (κ1) is 12.9. The summed E-state index contributed by atoms with van der Waals surface area (Å²) >= 11 is 0. The Morgan fingerprint density at radius 2 is 1.87 bits per heavy atom. The van der Waals surface area contributed by atoms with E-state index in [0.29, 0.717) is 6.04 Å². The highest BCUT2D eigenvalue weighted by Crippen LogP contribution is 2.08. The molecule has 1 saturated heterocycles. The van der Waals surface area contributed by atoms with Gasteiger partial charge in [0.1, 0.15) is 0 Å². The van der Waals surface area contributed by atoms with Gasteiger partial charge in [-0.15, -0.1) is 0 Å². The summed E-state index contributed by atoms with van der Waals surface area (Å²) in [5, 5.41) is 3.58. The number of rotatable bonds is 6. The molecule has 0 radical (unpaired) electrons. The van der Waals surface area contributed by atoms with Gasteiger partial charge >= 0.3 is 0 Å². The molecule has 1 atom stereocenters. The fraction of sp³-hybridized carbons (Fsp3) is 1.00. The van der Waals surface area contributed by atoms with Crippen LogP contribution in [0.15, 0.2) is 0 Å². The van der Waals surface area contributed by atoms with Crippen LogP contribution in [0.2, 0.25) is 0 Å². The van der Waals surface area contributed by atoms with Crippen molar-refractivity contribution in [3.8, 4) is 0 Å². The summed E-state index contributed by atoms with van der Waals surface area (Å²) in [6, 6.07) is 0.628. The third-order valence-electron chi connectivity index (χ3n) is 3.03. The van der Waals surface area contributed by atoms with Crippen molar-refractivity contribution >= 4 is 0 Å². The zero-order valence-electron chi connectivity index (χ0n) is 10.6. The molecule has 1 aliphatic heterocycles. The highest BCUT2D eigenvalue weighted by atomic mass is 15.2. The van der Waals surface area contributed by atoms with Crippen LogP contribution in [0.25, 0.3) is 0 Å². The number of nitrogens with zero attached hydrogens (tertiary/aromatic N) is 2. The molecular formula is C12H27N3. The molecule has 0 bridgehead atoms. The summed E-state index contributed by atoms with van der Waals surface area (Å²) in [6.07, 6.45) is 4.22. The predicted octanol–water partition coefficient (Wildman–Crippen LogP) is 1.01. The van der Waals surface area contributed by atoms with Gasteiger partial charge in [-0.25, -0.2) is 0 Å². The summed E-state index contributed by atoms with van der Waals surface area (Å²) in [6.45, 7) is 8.35. The molecule has 15 heavy (non-hydrogen) atoms. The Morgan fingerprint density at radius 3 is 2.47 bits per heavy atom. The highest BCUT2D eigenvalue weighted by molar-refractivity contribution is 4.71. The molecule has 0 aromatic carbocycles. The lowest BCUT2D eigenvalue weighted by Crippen LogP contribution is -2.43. The second-order valence-electron chi connectivity index (χ2n) is 5.02. The molecule has 0 saturated carbocycles. The molecule has 1 heterocycles. The molecule has 90 valence electrons. The molecule has 3 heteroatoms. The number of nitrogens with one attached hydrogen (secondary N) is 1. The molecule has 0 aromatic heterocycles. The predicted molar refractivity (Wildman–Crippen MR) is 66.3 cm³/mol. The number of hydrogen-bond donors (Lipinski definition) is 1. The third-order valence-corrected chi connectivity index (χ3v) is 3.03. The highest BCUT2D eigenvalue weighted by Gasteiger charge is 2.12. The Morgan fingerprint density at radius 1 is 1.20 bits per heavy atom. The van der Waals surface area contributed by atoms with E-state index >= 15 is 0 Å². The molecule has 1 unspecified atom stereocenters. The molecular weight excluding hydrogens is 186 g/mol. The van der Waals surface area contributed by atoms with Crippen LogP contribution in [0.4, 0.5) is 0 Å². The van der Waals surface area contributed by atoms with Crippen LogP contribution in [0, 0.1) is 0 Å². The zero-order chi connectivity index (χ0) is 11.1. The minimum Gasteiger partial charge on any atom is -0.312 e. The maximum atomic E-state index is 3.58. The first-order valence-electron chi connectivity index (χ1n) is 6.29. The summed E-state index contributed by atoms with van der Waals surface area (Å²) in [5.74, 6) is 0. The van der Waals surface area contributed by atoms with E-state index in [1.165, 1.54) is 38.9 Å². The number of likely N-dealkylation sites (N-methyl/N-ethyl adjacent to an activating group) is 1. The van der Waals surface area contributed by atoms with Crippen molar-refractivity contribution in [1.82, 2.24) is 15.1 Å². The Kier molecular flexibility index (Phi) is 6.22. The maximum absolute atomic E-state index is 3.58. The maximum Gasteiger partial charge on any atom is 0.0167 e. The van der Waals surface area contributed by atoms with E-state index in [9.17, 15) is 0 Å². The van der Waals surface area contributed by atoms with E-state index in [1.54, 1.807) is 0 Å². The second kappa shape index (κ2) is 7.20. The van der Waals surface area contributed by atoms with Gasteiger partial charge in [-0.3, -0.25) is 0 Å². The van der Waals surface area contributed by atoms with Gasteiger partial charge in [-0.2, -0.15) is 0 Å². The smallest absolute Gasteiger partial charge is 0.0167 e. The van der Waals surface area contributed by atoms with Crippen molar-refractivity contribution in [2.75, 3.05) is 46.8 Å². The van der Waals surface area contributed by atoms with Crippen LogP contribution in [-0.2, 0) is 0 Å². The molecule has 0 amide bonds. The van der Waals surface area contributed by atoms with E-state index in [-0.39, 0.29) is 0 Å². The average molecular weight is 213 g/mol. The first-order chi connectivity index (χ1) is 7.18. The molecule has 0 spiro atoms. The lowest BCUT2D eigenvalue weighted by molar-refractivity contribution is 0.208. The lowest BCUT2D eigenvalue weighted by atomic mass is 10.1. The van der Waals surface area contributed by atoms with Crippen LogP contribution in [0.3, 0.4) is 0 Å². The van der Waals surface area contributed by atoms with Crippen molar-refractivity contribution in [1.29, 1.82) is 0 Å².